The van der Waals surface area contributed by atoms with Crippen LogP contribution in [0.5, 0.6) is 0 Å². The number of fused-ring (bicyclic) bond motifs is 1. The van der Waals surface area contributed by atoms with Gasteiger partial charge in [0.2, 0.25) is 0 Å². The molecule has 0 N–H and O–H groups in total. The molecule has 1 saturated heterocycles. The normalized spacial score (nSPS) is 18.0. The minimum atomic E-state index is -2.27. The number of anilines is 1. The predicted molar refractivity (Wildman–Crippen MR) is 91.9 cm³/mol. The molecule has 0 unspecified atom stereocenters. The number of alkyl halides is 2. The van der Waals surface area contributed by atoms with Gasteiger partial charge in [-0.25, -0.2) is 18.7 Å². The highest BCUT2D eigenvalue weighted by Gasteiger charge is 2.26. The van der Waals surface area contributed by atoms with Gasteiger partial charge in [-0.3, -0.25) is 9.88 Å². The molecule has 7 heteroatoms. The topological polar surface area (TPSA) is 45.2 Å². The molecule has 1 aliphatic heterocycles. The molecule has 4 rings (SSSR count). The zero-order valence-corrected chi connectivity index (χ0v) is 14.0. The first-order valence-electron chi connectivity index (χ1n) is 8.76. The molecule has 0 atom stereocenters. The van der Waals surface area contributed by atoms with Crippen LogP contribution in [-0.2, 0) is 12.8 Å². The number of aromatic nitrogens is 3. The lowest BCUT2D eigenvalue weighted by Gasteiger charge is -2.36. The third-order valence-electron chi connectivity index (χ3n) is 4.90. The summed E-state index contributed by atoms with van der Waals surface area (Å²) in [5, 5.41) is 0. The third kappa shape index (κ3) is 3.46. The van der Waals surface area contributed by atoms with Crippen molar-refractivity contribution in [3.8, 4) is 11.4 Å². The van der Waals surface area contributed by atoms with E-state index in [-0.39, 0.29) is 6.54 Å². The summed E-state index contributed by atoms with van der Waals surface area (Å²) in [6, 6.07) is 3.85. The van der Waals surface area contributed by atoms with Gasteiger partial charge in [-0.2, -0.15) is 0 Å². The largest absolute Gasteiger partial charge is 0.354 e. The van der Waals surface area contributed by atoms with Crippen LogP contribution in [0.3, 0.4) is 0 Å². The highest BCUT2D eigenvalue weighted by molar-refractivity contribution is 5.61. The molecule has 0 radical (unpaired) electrons. The Morgan fingerprint density at radius 2 is 1.92 bits per heavy atom. The Balaban J connectivity index is 1.60. The van der Waals surface area contributed by atoms with Gasteiger partial charge in [0.15, 0.2) is 5.82 Å². The second-order valence-corrected chi connectivity index (χ2v) is 6.57. The third-order valence-corrected chi connectivity index (χ3v) is 4.90. The van der Waals surface area contributed by atoms with Crippen molar-refractivity contribution < 1.29 is 8.78 Å². The van der Waals surface area contributed by atoms with Gasteiger partial charge in [-0.05, 0) is 31.4 Å². The first-order chi connectivity index (χ1) is 12.2. The fourth-order valence-electron chi connectivity index (χ4n) is 3.64. The average molecular weight is 345 g/mol. The molecule has 2 aliphatic rings. The molecule has 0 spiro atoms. The van der Waals surface area contributed by atoms with Crippen molar-refractivity contribution >= 4 is 5.82 Å². The van der Waals surface area contributed by atoms with Crippen molar-refractivity contribution in [2.75, 3.05) is 37.6 Å². The number of hydrogen-bond donors (Lipinski definition) is 0. The van der Waals surface area contributed by atoms with Crippen molar-refractivity contribution in [2.24, 2.45) is 0 Å². The molecule has 0 bridgehead atoms. The molecular weight excluding hydrogens is 324 g/mol. The highest BCUT2D eigenvalue weighted by Crippen LogP contribution is 2.31. The molecular formula is C18H21F2N5. The number of pyridine rings is 1. The summed E-state index contributed by atoms with van der Waals surface area (Å²) < 4.78 is 25.2. The fourth-order valence-corrected chi connectivity index (χ4v) is 3.64. The van der Waals surface area contributed by atoms with Crippen molar-refractivity contribution in [3.05, 3.63) is 35.8 Å². The summed E-state index contributed by atoms with van der Waals surface area (Å²) in [5.41, 5.74) is 3.27. The number of piperazine rings is 1. The standard InChI is InChI=1S/C18H21F2N5/c19-16(20)12-24-7-9-25(10-8-24)18-14-4-1-5-15(14)22-17(23-18)13-3-2-6-21-11-13/h2-3,6,11,16H,1,4-5,7-10,12H2. The van der Waals surface area contributed by atoms with E-state index in [1.807, 2.05) is 17.0 Å². The van der Waals surface area contributed by atoms with E-state index in [2.05, 4.69) is 9.88 Å². The molecule has 25 heavy (non-hydrogen) atoms. The number of hydrogen-bond acceptors (Lipinski definition) is 5. The summed E-state index contributed by atoms with van der Waals surface area (Å²) >= 11 is 0. The van der Waals surface area contributed by atoms with Gasteiger partial charge in [-0.15, -0.1) is 0 Å². The predicted octanol–water partition coefficient (Wildman–Crippen LogP) is 2.41. The van der Waals surface area contributed by atoms with Gasteiger partial charge >= 0.3 is 0 Å². The number of nitrogens with zero attached hydrogens (tertiary/aromatic N) is 5. The summed E-state index contributed by atoms with van der Waals surface area (Å²) in [5.74, 6) is 1.69. The molecule has 1 aliphatic carbocycles. The van der Waals surface area contributed by atoms with Crippen LogP contribution in [0.25, 0.3) is 11.4 Å². The van der Waals surface area contributed by atoms with E-state index in [0.717, 1.165) is 49.4 Å². The number of aryl methyl sites for hydroxylation is 1. The van der Waals surface area contributed by atoms with Gasteiger partial charge in [0.1, 0.15) is 5.82 Å². The molecule has 2 aromatic heterocycles. The second-order valence-electron chi connectivity index (χ2n) is 6.57. The summed E-state index contributed by atoms with van der Waals surface area (Å²) in [6.45, 7) is 2.60. The van der Waals surface area contributed by atoms with Crippen LogP contribution in [-0.4, -0.2) is 59.0 Å². The number of halogens is 2. The van der Waals surface area contributed by atoms with Crippen LogP contribution in [0.1, 0.15) is 17.7 Å². The molecule has 132 valence electrons. The van der Waals surface area contributed by atoms with E-state index in [1.165, 1.54) is 5.56 Å². The minimum absolute atomic E-state index is 0.142. The molecule has 0 aromatic carbocycles. The van der Waals surface area contributed by atoms with Crippen LogP contribution >= 0.6 is 0 Å². The zero-order chi connectivity index (χ0) is 17.2. The first kappa shape index (κ1) is 16.3. The minimum Gasteiger partial charge on any atom is -0.354 e. The Labute approximate surface area is 145 Å². The van der Waals surface area contributed by atoms with E-state index >= 15 is 0 Å². The van der Waals surface area contributed by atoms with E-state index in [4.69, 9.17) is 9.97 Å². The van der Waals surface area contributed by atoms with E-state index < -0.39 is 6.43 Å². The van der Waals surface area contributed by atoms with Gasteiger partial charge < -0.3 is 4.90 Å². The summed E-state index contributed by atoms with van der Waals surface area (Å²) in [6.07, 6.45) is 4.31. The molecule has 2 aromatic rings. The lowest BCUT2D eigenvalue weighted by atomic mass is 10.2. The first-order valence-corrected chi connectivity index (χ1v) is 8.76. The van der Waals surface area contributed by atoms with E-state index in [9.17, 15) is 8.78 Å². The van der Waals surface area contributed by atoms with Crippen LogP contribution in [0.4, 0.5) is 14.6 Å². The number of rotatable bonds is 4. The lowest BCUT2D eigenvalue weighted by Crippen LogP contribution is -2.48. The maximum Gasteiger partial charge on any atom is 0.251 e. The van der Waals surface area contributed by atoms with Gasteiger partial charge in [-0.1, -0.05) is 0 Å². The molecule has 3 heterocycles. The molecule has 0 saturated carbocycles. The SMILES string of the molecule is FC(F)CN1CCN(c2nc(-c3cccnc3)nc3c2CCC3)CC1. The van der Waals surface area contributed by atoms with Gasteiger partial charge in [0.05, 0.1) is 6.54 Å². The maximum atomic E-state index is 12.6. The quantitative estimate of drug-likeness (QED) is 0.852. The Morgan fingerprint density at radius 3 is 2.64 bits per heavy atom. The molecule has 0 amide bonds. The van der Waals surface area contributed by atoms with Crippen LogP contribution < -0.4 is 4.90 Å². The van der Waals surface area contributed by atoms with Crippen molar-refractivity contribution in [3.63, 3.8) is 0 Å². The van der Waals surface area contributed by atoms with E-state index in [0.29, 0.717) is 18.9 Å². The van der Waals surface area contributed by atoms with Crippen molar-refractivity contribution in [1.82, 2.24) is 19.9 Å². The fraction of sp³-hybridized carbons (Fsp3) is 0.500. The monoisotopic (exact) mass is 345 g/mol. The smallest absolute Gasteiger partial charge is 0.251 e. The van der Waals surface area contributed by atoms with Crippen LogP contribution in [0.2, 0.25) is 0 Å². The van der Waals surface area contributed by atoms with E-state index in [1.54, 1.807) is 12.4 Å². The zero-order valence-electron chi connectivity index (χ0n) is 14.0. The van der Waals surface area contributed by atoms with Gasteiger partial charge in [0, 0.05) is 55.4 Å². The van der Waals surface area contributed by atoms with Crippen LogP contribution in [0.15, 0.2) is 24.5 Å². The molecule has 1 fully saturated rings. The Bertz CT molecular complexity index is 730. The Morgan fingerprint density at radius 1 is 1.08 bits per heavy atom. The van der Waals surface area contributed by atoms with Crippen molar-refractivity contribution in [2.45, 2.75) is 25.7 Å². The molecule has 5 nitrogen and oxygen atoms in total. The Hall–Kier alpha value is -2.15. The van der Waals surface area contributed by atoms with Gasteiger partial charge in [0.25, 0.3) is 6.43 Å². The van der Waals surface area contributed by atoms with Crippen molar-refractivity contribution in [1.29, 1.82) is 0 Å². The Kier molecular flexibility index (Phi) is 4.57. The average Bonchev–Trinajstić information content (AvgIpc) is 3.10. The second kappa shape index (κ2) is 7.00. The maximum absolute atomic E-state index is 12.6. The lowest BCUT2D eigenvalue weighted by molar-refractivity contribution is 0.0853. The highest BCUT2D eigenvalue weighted by atomic mass is 19.3. The summed E-state index contributed by atoms with van der Waals surface area (Å²) in [4.78, 5) is 17.8. The van der Waals surface area contributed by atoms with Crippen LogP contribution in [0, 0.1) is 0 Å². The summed E-state index contributed by atoms with van der Waals surface area (Å²) in [7, 11) is 0.